The average Bonchev–Trinajstić information content (AvgIpc) is 3.13. The summed E-state index contributed by atoms with van der Waals surface area (Å²) in [5, 5.41) is 2.87. The molecule has 0 aromatic heterocycles. The van der Waals surface area contributed by atoms with Crippen molar-refractivity contribution in [3.63, 3.8) is 0 Å². The summed E-state index contributed by atoms with van der Waals surface area (Å²) in [7, 11) is -2.28. The highest BCUT2D eigenvalue weighted by Gasteiger charge is 2.41. The number of para-hydroxylation sites is 1. The largest absolute Gasteiger partial charge is 0.497 e. The van der Waals surface area contributed by atoms with Crippen molar-refractivity contribution < 1.29 is 17.9 Å². The molecular weight excluding hydrogens is 396 g/mol. The molecule has 0 spiro atoms. The topological polar surface area (TPSA) is 75.7 Å². The first-order chi connectivity index (χ1) is 13.3. The number of carbonyl (C=O) groups excluding carboxylic acids is 1. The molecule has 0 saturated carbocycles. The van der Waals surface area contributed by atoms with Crippen LogP contribution in [0.4, 0.5) is 5.69 Å². The number of hydrogen-bond donors (Lipinski definition) is 1. The van der Waals surface area contributed by atoms with Crippen molar-refractivity contribution in [1.82, 2.24) is 4.31 Å². The highest BCUT2D eigenvalue weighted by molar-refractivity contribution is 8.00. The second kappa shape index (κ2) is 8.14. The minimum Gasteiger partial charge on any atom is -0.497 e. The Morgan fingerprint density at radius 3 is 2.39 bits per heavy atom. The number of nitrogens with one attached hydrogen (secondary N) is 1. The van der Waals surface area contributed by atoms with Crippen LogP contribution in [0.15, 0.2) is 41.3 Å². The van der Waals surface area contributed by atoms with E-state index in [1.807, 2.05) is 31.2 Å². The summed E-state index contributed by atoms with van der Waals surface area (Å²) in [5.41, 5.74) is 2.83. The normalized spacial score (nSPS) is 17.5. The maximum absolute atomic E-state index is 13.4. The fourth-order valence-electron chi connectivity index (χ4n) is 3.35. The number of rotatable bonds is 5. The van der Waals surface area contributed by atoms with Crippen LogP contribution in [0.1, 0.15) is 16.7 Å². The summed E-state index contributed by atoms with van der Waals surface area (Å²) < 4.78 is 33.3. The zero-order chi connectivity index (χ0) is 20.5. The van der Waals surface area contributed by atoms with E-state index in [0.29, 0.717) is 28.3 Å². The molecule has 2 aromatic carbocycles. The van der Waals surface area contributed by atoms with Crippen LogP contribution < -0.4 is 10.1 Å². The van der Waals surface area contributed by atoms with E-state index in [9.17, 15) is 13.2 Å². The van der Waals surface area contributed by atoms with Gasteiger partial charge in [0.05, 0.1) is 17.9 Å². The molecule has 1 amide bonds. The van der Waals surface area contributed by atoms with E-state index in [0.717, 1.165) is 5.56 Å². The third-order valence-electron chi connectivity index (χ3n) is 4.78. The smallest absolute Gasteiger partial charge is 0.245 e. The van der Waals surface area contributed by atoms with Gasteiger partial charge in [0.2, 0.25) is 15.9 Å². The number of methoxy groups -OCH3 is 1. The predicted octanol–water partition coefficient (Wildman–Crippen LogP) is 3.32. The lowest BCUT2D eigenvalue weighted by atomic mass is 10.1. The van der Waals surface area contributed by atoms with Gasteiger partial charge in [0.15, 0.2) is 0 Å². The highest BCUT2D eigenvalue weighted by Crippen LogP contribution is 2.33. The molecule has 1 aliphatic rings. The SMILES string of the molecule is COc1cc(C)c(S(=O)(=O)N2CSCC2C(=O)Nc2ccccc2C)c(C)c1. The summed E-state index contributed by atoms with van der Waals surface area (Å²) in [6, 6.07) is 10.1. The van der Waals surface area contributed by atoms with Gasteiger partial charge in [0, 0.05) is 11.4 Å². The summed E-state index contributed by atoms with van der Waals surface area (Å²) in [4.78, 5) is 13.1. The Hall–Kier alpha value is -2.03. The van der Waals surface area contributed by atoms with Gasteiger partial charge in [-0.05, 0) is 55.7 Å². The van der Waals surface area contributed by atoms with E-state index in [1.165, 1.54) is 16.1 Å². The van der Waals surface area contributed by atoms with Crippen molar-refractivity contribution in [2.75, 3.05) is 24.1 Å². The molecule has 1 aliphatic heterocycles. The number of aryl methyl sites for hydroxylation is 3. The summed E-state index contributed by atoms with van der Waals surface area (Å²) in [5.74, 6) is 0.967. The predicted molar refractivity (Wildman–Crippen MR) is 112 cm³/mol. The molecule has 8 heteroatoms. The van der Waals surface area contributed by atoms with Crippen molar-refractivity contribution in [1.29, 1.82) is 0 Å². The minimum atomic E-state index is -3.83. The number of hydrogen-bond acceptors (Lipinski definition) is 5. The highest BCUT2D eigenvalue weighted by atomic mass is 32.2. The van der Waals surface area contributed by atoms with Crippen molar-refractivity contribution in [3.05, 3.63) is 53.1 Å². The lowest BCUT2D eigenvalue weighted by molar-refractivity contribution is -0.118. The molecule has 1 heterocycles. The fourth-order valence-corrected chi connectivity index (χ4v) is 6.92. The number of thioether (sulfide) groups is 1. The van der Waals surface area contributed by atoms with Crippen LogP contribution in [-0.2, 0) is 14.8 Å². The average molecular weight is 421 g/mol. The third-order valence-corrected chi connectivity index (χ3v) is 8.12. The van der Waals surface area contributed by atoms with Crippen LogP contribution in [0.5, 0.6) is 5.75 Å². The van der Waals surface area contributed by atoms with Crippen molar-refractivity contribution in [2.45, 2.75) is 31.7 Å². The summed E-state index contributed by atoms with van der Waals surface area (Å²) in [6.45, 7) is 5.39. The van der Waals surface area contributed by atoms with E-state index in [4.69, 9.17) is 4.74 Å². The van der Waals surface area contributed by atoms with Gasteiger partial charge in [-0.25, -0.2) is 8.42 Å². The van der Waals surface area contributed by atoms with Gasteiger partial charge < -0.3 is 10.1 Å². The lowest BCUT2D eigenvalue weighted by Crippen LogP contribution is -2.44. The molecule has 1 atom stereocenters. The van der Waals surface area contributed by atoms with Gasteiger partial charge in [0.25, 0.3) is 0 Å². The molecule has 2 aromatic rings. The third kappa shape index (κ3) is 3.90. The second-order valence-electron chi connectivity index (χ2n) is 6.80. The van der Waals surface area contributed by atoms with Crippen LogP contribution in [0.2, 0.25) is 0 Å². The van der Waals surface area contributed by atoms with Gasteiger partial charge in [-0.1, -0.05) is 18.2 Å². The fraction of sp³-hybridized carbons (Fsp3) is 0.350. The molecule has 1 fully saturated rings. The molecule has 6 nitrogen and oxygen atoms in total. The summed E-state index contributed by atoms with van der Waals surface area (Å²) >= 11 is 1.44. The van der Waals surface area contributed by atoms with Gasteiger partial charge >= 0.3 is 0 Å². The van der Waals surface area contributed by atoms with Crippen molar-refractivity contribution in [2.24, 2.45) is 0 Å². The first-order valence-corrected chi connectivity index (χ1v) is 11.5. The zero-order valence-electron chi connectivity index (χ0n) is 16.4. The van der Waals surface area contributed by atoms with Crippen LogP contribution in [0.3, 0.4) is 0 Å². The van der Waals surface area contributed by atoms with E-state index < -0.39 is 16.1 Å². The van der Waals surface area contributed by atoms with Gasteiger partial charge in [-0.2, -0.15) is 4.31 Å². The van der Waals surface area contributed by atoms with Crippen LogP contribution in [0.25, 0.3) is 0 Å². The number of benzene rings is 2. The number of anilines is 1. The maximum atomic E-state index is 13.4. The standard InChI is InChI=1S/C20H24N2O4S2/c1-13-7-5-6-8-17(13)21-20(23)18-11-27-12-22(18)28(24,25)19-14(2)9-16(26-4)10-15(19)3/h5-10,18H,11-12H2,1-4H3,(H,21,23). The minimum absolute atomic E-state index is 0.240. The van der Waals surface area contributed by atoms with E-state index in [-0.39, 0.29) is 16.7 Å². The molecule has 0 aliphatic carbocycles. The number of carbonyl (C=O) groups is 1. The molecule has 1 saturated heterocycles. The molecular formula is C20H24N2O4S2. The molecule has 0 bridgehead atoms. The van der Waals surface area contributed by atoms with Gasteiger partial charge in [0.1, 0.15) is 11.8 Å². The van der Waals surface area contributed by atoms with Crippen molar-refractivity contribution >= 4 is 33.4 Å². The number of sulfonamides is 1. The summed E-state index contributed by atoms with van der Waals surface area (Å²) in [6.07, 6.45) is 0. The monoisotopic (exact) mass is 420 g/mol. The first-order valence-electron chi connectivity index (χ1n) is 8.87. The molecule has 3 rings (SSSR count). The van der Waals surface area contributed by atoms with Crippen LogP contribution >= 0.6 is 11.8 Å². The molecule has 1 N–H and O–H groups in total. The Morgan fingerprint density at radius 2 is 1.79 bits per heavy atom. The first kappa shape index (κ1) is 20.7. The maximum Gasteiger partial charge on any atom is 0.245 e. The lowest BCUT2D eigenvalue weighted by Gasteiger charge is -2.25. The molecule has 28 heavy (non-hydrogen) atoms. The molecule has 0 radical (unpaired) electrons. The number of ether oxygens (including phenoxy) is 1. The number of nitrogens with zero attached hydrogens (tertiary/aromatic N) is 1. The Labute approximate surface area is 170 Å². The Bertz CT molecular complexity index is 982. The van der Waals surface area contributed by atoms with Crippen LogP contribution in [0, 0.1) is 20.8 Å². The van der Waals surface area contributed by atoms with Gasteiger partial charge in [-0.15, -0.1) is 11.8 Å². The number of amides is 1. The van der Waals surface area contributed by atoms with Crippen molar-refractivity contribution in [3.8, 4) is 5.75 Å². The van der Waals surface area contributed by atoms with Gasteiger partial charge in [-0.3, -0.25) is 4.79 Å². The zero-order valence-corrected chi connectivity index (χ0v) is 18.0. The second-order valence-corrected chi connectivity index (χ2v) is 9.63. The Kier molecular flexibility index (Phi) is 6.02. The molecule has 1 unspecified atom stereocenters. The van der Waals surface area contributed by atoms with E-state index >= 15 is 0 Å². The van der Waals surface area contributed by atoms with E-state index in [1.54, 1.807) is 33.1 Å². The van der Waals surface area contributed by atoms with Crippen LogP contribution in [-0.4, -0.2) is 43.4 Å². The quantitative estimate of drug-likeness (QED) is 0.803. The van der Waals surface area contributed by atoms with E-state index in [2.05, 4.69) is 5.32 Å². The Balaban J connectivity index is 1.92. The molecule has 150 valence electrons. The Morgan fingerprint density at radius 1 is 1.14 bits per heavy atom.